The molecule has 0 fully saturated rings. The van der Waals surface area contributed by atoms with E-state index >= 15 is 0 Å². The molecule has 0 saturated carbocycles. The second-order valence-electron chi connectivity index (χ2n) is 3.89. The van der Waals surface area contributed by atoms with Crippen molar-refractivity contribution in [2.24, 2.45) is 5.73 Å². The van der Waals surface area contributed by atoms with Crippen LogP contribution in [0.15, 0.2) is 11.4 Å². The van der Waals surface area contributed by atoms with E-state index in [0.29, 0.717) is 24.4 Å². The van der Waals surface area contributed by atoms with Gasteiger partial charge < -0.3 is 11.1 Å². The Morgan fingerprint density at radius 3 is 3.15 bits per heavy atom. The second-order valence-corrected chi connectivity index (χ2v) is 5.64. The molecular formula is C13H14N4OS2. The van der Waals surface area contributed by atoms with Crippen LogP contribution >= 0.6 is 22.9 Å². The Bertz CT molecular complexity index is 651. The summed E-state index contributed by atoms with van der Waals surface area (Å²) in [4.78, 5) is 13.7. The van der Waals surface area contributed by atoms with Crippen LogP contribution in [0.5, 0.6) is 0 Å². The fourth-order valence-corrected chi connectivity index (χ4v) is 2.97. The van der Waals surface area contributed by atoms with Crippen LogP contribution in [0.1, 0.15) is 32.7 Å². The number of thiophene rings is 1. The van der Waals surface area contributed by atoms with Crippen LogP contribution < -0.4 is 11.1 Å². The summed E-state index contributed by atoms with van der Waals surface area (Å²) >= 11 is 2.69. The van der Waals surface area contributed by atoms with E-state index < -0.39 is 0 Å². The van der Waals surface area contributed by atoms with Crippen molar-refractivity contribution < 1.29 is 4.79 Å². The molecule has 0 bridgehead atoms. The van der Waals surface area contributed by atoms with Crippen molar-refractivity contribution in [2.45, 2.75) is 19.9 Å². The van der Waals surface area contributed by atoms with Crippen LogP contribution in [0, 0.1) is 11.8 Å². The molecule has 2 aromatic heterocycles. The largest absolute Gasteiger partial charge is 0.346 e. The molecule has 0 aliphatic carbocycles. The van der Waals surface area contributed by atoms with Crippen molar-refractivity contribution in [1.29, 1.82) is 0 Å². The van der Waals surface area contributed by atoms with Gasteiger partial charge in [-0.1, -0.05) is 23.3 Å². The van der Waals surface area contributed by atoms with Crippen LogP contribution in [0.4, 0.5) is 0 Å². The number of hydrogen-bond donors (Lipinski definition) is 2. The molecular weight excluding hydrogens is 292 g/mol. The minimum atomic E-state index is -0.125. The highest BCUT2D eigenvalue weighted by molar-refractivity contribution is 7.10. The smallest absolute Gasteiger partial charge is 0.265 e. The fraction of sp³-hybridized carbons (Fsp3) is 0.308. The molecule has 0 spiro atoms. The van der Waals surface area contributed by atoms with Crippen molar-refractivity contribution in [2.75, 3.05) is 6.54 Å². The molecule has 0 aliphatic rings. The van der Waals surface area contributed by atoms with E-state index in [0.717, 1.165) is 27.7 Å². The number of nitrogens with two attached hydrogens (primary N) is 1. The Hall–Kier alpha value is -1.75. The third-order valence-electron chi connectivity index (χ3n) is 2.51. The SMILES string of the molecule is CCc1nnsc1C(=O)NCc1cc(C#CCN)cs1. The number of aryl methyl sites for hydroxylation is 1. The van der Waals surface area contributed by atoms with Gasteiger partial charge in [-0.3, -0.25) is 4.79 Å². The van der Waals surface area contributed by atoms with Crippen LogP contribution in [0.3, 0.4) is 0 Å². The topological polar surface area (TPSA) is 80.9 Å². The molecule has 0 aliphatic heterocycles. The van der Waals surface area contributed by atoms with Gasteiger partial charge in [0.15, 0.2) is 0 Å². The zero-order valence-electron chi connectivity index (χ0n) is 11.0. The highest BCUT2D eigenvalue weighted by Crippen LogP contribution is 2.15. The summed E-state index contributed by atoms with van der Waals surface area (Å²) in [6.07, 6.45) is 0.705. The molecule has 0 saturated heterocycles. The van der Waals surface area contributed by atoms with E-state index in [1.54, 1.807) is 11.3 Å². The van der Waals surface area contributed by atoms with Gasteiger partial charge in [0.05, 0.1) is 18.8 Å². The Kier molecular flexibility index (Phi) is 5.24. The number of carbonyl (C=O) groups is 1. The molecule has 20 heavy (non-hydrogen) atoms. The highest BCUT2D eigenvalue weighted by Gasteiger charge is 2.14. The van der Waals surface area contributed by atoms with Gasteiger partial charge in [0.25, 0.3) is 5.91 Å². The van der Waals surface area contributed by atoms with Crippen molar-refractivity contribution in [3.63, 3.8) is 0 Å². The van der Waals surface area contributed by atoms with E-state index in [4.69, 9.17) is 5.73 Å². The molecule has 7 heteroatoms. The molecule has 104 valence electrons. The van der Waals surface area contributed by atoms with E-state index in [9.17, 15) is 4.79 Å². The molecule has 5 nitrogen and oxygen atoms in total. The summed E-state index contributed by atoms with van der Waals surface area (Å²) in [6.45, 7) is 2.78. The number of amides is 1. The Labute approximate surface area is 125 Å². The highest BCUT2D eigenvalue weighted by atomic mass is 32.1. The first-order valence-corrected chi connectivity index (χ1v) is 7.75. The van der Waals surface area contributed by atoms with Gasteiger partial charge in [0.1, 0.15) is 4.88 Å². The fourth-order valence-electron chi connectivity index (χ4n) is 1.55. The molecule has 1 amide bonds. The Balaban J connectivity index is 1.95. The Morgan fingerprint density at radius 2 is 2.40 bits per heavy atom. The normalized spacial score (nSPS) is 9.90. The van der Waals surface area contributed by atoms with Gasteiger partial charge in [-0.15, -0.1) is 16.4 Å². The lowest BCUT2D eigenvalue weighted by molar-refractivity contribution is 0.0954. The minimum absolute atomic E-state index is 0.125. The minimum Gasteiger partial charge on any atom is -0.346 e. The van der Waals surface area contributed by atoms with Gasteiger partial charge in [-0.05, 0) is 24.0 Å². The summed E-state index contributed by atoms with van der Waals surface area (Å²) in [5.74, 6) is 5.64. The number of nitrogens with zero attached hydrogens (tertiary/aromatic N) is 2. The lowest BCUT2D eigenvalue weighted by Gasteiger charge is -2.01. The molecule has 0 unspecified atom stereocenters. The molecule has 0 aromatic carbocycles. The van der Waals surface area contributed by atoms with E-state index in [2.05, 4.69) is 26.7 Å². The van der Waals surface area contributed by atoms with Crippen LogP contribution in [-0.4, -0.2) is 22.0 Å². The zero-order valence-corrected chi connectivity index (χ0v) is 12.6. The second kappa shape index (κ2) is 7.14. The zero-order chi connectivity index (χ0) is 14.4. The predicted octanol–water partition coefficient (Wildman–Crippen LogP) is 1.40. The van der Waals surface area contributed by atoms with Crippen molar-refractivity contribution in [1.82, 2.24) is 14.9 Å². The first kappa shape index (κ1) is 14.7. The lowest BCUT2D eigenvalue weighted by atomic mass is 10.3. The number of aromatic nitrogens is 2. The third kappa shape index (κ3) is 3.63. The number of hydrogen-bond acceptors (Lipinski definition) is 6. The van der Waals surface area contributed by atoms with Gasteiger partial charge >= 0.3 is 0 Å². The van der Waals surface area contributed by atoms with Crippen molar-refractivity contribution >= 4 is 28.8 Å². The van der Waals surface area contributed by atoms with Crippen LogP contribution in [0.2, 0.25) is 0 Å². The maximum atomic E-state index is 12.0. The summed E-state index contributed by atoms with van der Waals surface area (Å²) in [5, 5.41) is 8.76. The maximum Gasteiger partial charge on any atom is 0.265 e. The summed E-state index contributed by atoms with van der Waals surface area (Å²) < 4.78 is 3.81. The Morgan fingerprint density at radius 1 is 1.55 bits per heavy atom. The van der Waals surface area contributed by atoms with E-state index in [-0.39, 0.29) is 5.91 Å². The van der Waals surface area contributed by atoms with Gasteiger partial charge in [-0.25, -0.2) is 0 Å². The summed E-state index contributed by atoms with van der Waals surface area (Å²) in [6, 6.07) is 1.96. The van der Waals surface area contributed by atoms with E-state index in [1.807, 2.05) is 18.4 Å². The third-order valence-corrected chi connectivity index (χ3v) is 4.21. The molecule has 3 N–H and O–H groups in total. The maximum absolute atomic E-state index is 12.0. The molecule has 0 atom stereocenters. The monoisotopic (exact) mass is 306 g/mol. The van der Waals surface area contributed by atoms with Crippen molar-refractivity contribution in [3.05, 3.63) is 32.5 Å². The molecule has 0 radical (unpaired) electrons. The first-order valence-electron chi connectivity index (χ1n) is 6.10. The van der Waals surface area contributed by atoms with Gasteiger partial charge in [-0.2, -0.15) is 0 Å². The van der Waals surface area contributed by atoms with Crippen molar-refractivity contribution in [3.8, 4) is 11.8 Å². The lowest BCUT2D eigenvalue weighted by Crippen LogP contribution is -2.22. The standard InChI is InChI=1S/C13H14N4OS2/c1-2-11-12(20-17-16-11)13(18)15-7-10-6-9(8-19-10)4-3-5-14/h6,8H,2,5,7,14H2,1H3,(H,15,18). The molecule has 2 heterocycles. The van der Waals surface area contributed by atoms with Gasteiger partial charge in [0.2, 0.25) is 0 Å². The number of rotatable bonds is 4. The van der Waals surface area contributed by atoms with Gasteiger partial charge in [0, 0.05) is 15.8 Å². The van der Waals surface area contributed by atoms with Crippen LogP contribution in [-0.2, 0) is 13.0 Å². The summed E-state index contributed by atoms with van der Waals surface area (Å²) in [7, 11) is 0. The molecule has 2 aromatic rings. The predicted molar refractivity (Wildman–Crippen MR) is 80.7 cm³/mol. The first-order chi connectivity index (χ1) is 9.74. The number of carbonyl (C=O) groups excluding carboxylic acids is 1. The average Bonchev–Trinajstić information content (AvgIpc) is 3.11. The number of nitrogens with one attached hydrogen (secondary N) is 1. The van der Waals surface area contributed by atoms with E-state index in [1.165, 1.54) is 0 Å². The average molecular weight is 306 g/mol. The van der Waals surface area contributed by atoms with Crippen LogP contribution in [0.25, 0.3) is 0 Å². The molecule has 2 rings (SSSR count). The quantitative estimate of drug-likeness (QED) is 0.837. The summed E-state index contributed by atoms with van der Waals surface area (Å²) in [5.41, 5.74) is 7.00.